The second-order valence-corrected chi connectivity index (χ2v) is 7.45. The van der Waals surface area contributed by atoms with E-state index in [4.69, 9.17) is 9.26 Å². The van der Waals surface area contributed by atoms with E-state index in [2.05, 4.69) is 17.4 Å². The molecule has 0 bridgehead atoms. The molecule has 0 aromatic carbocycles. The van der Waals surface area contributed by atoms with Crippen LogP contribution in [0.2, 0.25) is 0 Å². The number of rotatable bonds is 4. The molecule has 7 heteroatoms. The number of nitrogens with zero attached hydrogens (tertiary/aromatic N) is 2. The molecule has 7 nitrogen and oxygen atoms in total. The minimum atomic E-state index is -0.105. The number of piperidine rings is 1. The molecule has 1 saturated carbocycles. The number of urea groups is 1. The predicted octanol–water partition coefficient (Wildman–Crippen LogP) is 2.38. The van der Waals surface area contributed by atoms with Crippen molar-refractivity contribution in [3.05, 3.63) is 17.0 Å². The SMILES string of the molecule is COC(=O)[C@@H]1CC12CCN(C(=O)NC[C@@H](C)c1c(C)noc1C)CC2. The number of aromatic nitrogens is 1. The van der Waals surface area contributed by atoms with Crippen LogP contribution in [-0.2, 0) is 9.53 Å². The van der Waals surface area contributed by atoms with E-state index >= 15 is 0 Å². The Morgan fingerprint density at radius 3 is 2.64 bits per heavy atom. The molecular weight excluding hydrogens is 322 g/mol. The Balaban J connectivity index is 1.47. The standard InChI is InChI=1S/C18H27N3O4/c1-11(15-12(2)20-25-13(15)3)10-19-17(23)21-7-5-18(6-8-21)9-14(18)16(22)24-4/h11,14H,5-10H2,1-4H3,(H,19,23)/t11-,14+/m1/s1. The first-order valence-electron chi connectivity index (χ1n) is 8.91. The van der Waals surface area contributed by atoms with Gasteiger partial charge in [-0.05, 0) is 38.5 Å². The van der Waals surface area contributed by atoms with Crippen molar-refractivity contribution >= 4 is 12.0 Å². The Kier molecular flexibility index (Phi) is 4.75. The first-order chi connectivity index (χ1) is 11.9. The van der Waals surface area contributed by atoms with E-state index in [1.165, 1.54) is 7.11 Å². The third-order valence-electron chi connectivity index (χ3n) is 5.86. The van der Waals surface area contributed by atoms with Crippen LogP contribution in [0.4, 0.5) is 4.79 Å². The van der Waals surface area contributed by atoms with Gasteiger partial charge >= 0.3 is 12.0 Å². The molecule has 2 amide bonds. The molecule has 1 aromatic heterocycles. The predicted molar refractivity (Wildman–Crippen MR) is 91.2 cm³/mol. The lowest BCUT2D eigenvalue weighted by atomic mass is 9.91. The molecule has 2 fully saturated rings. The zero-order chi connectivity index (χ0) is 18.2. The number of aryl methyl sites for hydroxylation is 2. The van der Waals surface area contributed by atoms with E-state index in [0.29, 0.717) is 19.6 Å². The second-order valence-electron chi connectivity index (χ2n) is 7.45. The Labute approximate surface area is 148 Å². The third-order valence-corrected chi connectivity index (χ3v) is 5.86. The number of amides is 2. The molecule has 25 heavy (non-hydrogen) atoms. The number of hydrogen-bond donors (Lipinski definition) is 1. The summed E-state index contributed by atoms with van der Waals surface area (Å²) >= 11 is 0. The van der Waals surface area contributed by atoms with Crippen LogP contribution >= 0.6 is 0 Å². The summed E-state index contributed by atoms with van der Waals surface area (Å²) in [4.78, 5) is 26.0. The van der Waals surface area contributed by atoms with E-state index in [0.717, 1.165) is 36.3 Å². The van der Waals surface area contributed by atoms with Crippen LogP contribution in [0, 0.1) is 25.2 Å². The van der Waals surface area contributed by atoms with E-state index in [1.54, 1.807) is 0 Å². The largest absolute Gasteiger partial charge is 0.469 e. The highest BCUT2D eigenvalue weighted by Crippen LogP contribution is 2.59. The molecule has 0 unspecified atom stereocenters. The number of carbonyl (C=O) groups excluding carboxylic acids is 2. The number of ether oxygens (including phenoxy) is 1. The van der Waals surface area contributed by atoms with Gasteiger partial charge in [0.2, 0.25) is 0 Å². The molecule has 1 aliphatic carbocycles. The summed E-state index contributed by atoms with van der Waals surface area (Å²) in [7, 11) is 1.44. The molecule has 2 heterocycles. The fourth-order valence-electron chi connectivity index (χ4n) is 4.18. The maximum absolute atomic E-state index is 12.4. The summed E-state index contributed by atoms with van der Waals surface area (Å²) in [5.41, 5.74) is 2.02. The number of nitrogens with one attached hydrogen (secondary N) is 1. The lowest BCUT2D eigenvalue weighted by Crippen LogP contribution is -2.46. The fourth-order valence-corrected chi connectivity index (χ4v) is 4.18. The van der Waals surface area contributed by atoms with Crippen molar-refractivity contribution < 1.29 is 18.8 Å². The number of hydrogen-bond acceptors (Lipinski definition) is 5. The van der Waals surface area contributed by atoms with Gasteiger partial charge in [-0.1, -0.05) is 12.1 Å². The molecule has 0 radical (unpaired) electrons. The molecule has 138 valence electrons. The van der Waals surface area contributed by atoms with E-state index in [1.807, 2.05) is 18.7 Å². The Bertz CT molecular complexity index is 642. The van der Waals surface area contributed by atoms with Crippen molar-refractivity contribution in [1.29, 1.82) is 0 Å². The maximum Gasteiger partial charge on any atom is 0.317 e. The molecule has 2 aliphatic rings. The molecule has 3 rings (SSSR count). The highest BCUT2D eigenvalue weighted by atomic mass is 16.5. The molecule has 1 aromatic rings. The normalized spacial score (nSPS) is 22.6. The van der Waals surface area contributed by atoms with Gasteiger partial charge < -0.3 is 19.5 Å². The summed E-state index contributed by atoms with van der Waals surface area (Å²) < 4.78 is 10.0. The molecular formula is C18H27N3O4. The van der Waals surface area contributed by atoms with Crippen LogP contribution < -0.4 is 5.32 Å². The summed E-state index contributed by atoms with van der Waals surface area (Å²) in [6.07, 6.45) is 2.65. The van der Waals surface area contributed by atoms with E-state index < -0.39 is 0 Å². The van der Waals surface area contributed by atoms with Gasteiger partial charge in [0, 0.05) is 31.1 Å². The van der Waals surface area contributed by atoms with Gasteiger partial charge in [0.05, 0.1) is 18.7 Å². The highest BCUT2D eigenvalue weighted by Gasteiger charge is 2.59. The van der Waals surface area contributed by atoms with Crippen molar-refractivity contribution in [2.45, 2.75) is 46.0 Å². The van der Waals surface area contributed by atoms with Crippen LogP contribution in [0.1, 0.15) is 49.1 Å². The first kappa shape index (κ1) is 17.8. The summed E-state index contributed by atoms with van der Waals surface area (Å²) in [6, 6.07) is -0.0382. The quantitative estimate of drug-likeness (QED) is 0.844. The zero-order valence-corrected chi connectivity index (χ0v) is 15.4. The average molecular weight is 349 g/mol. The number of esters is 1. The topological polar surface area (TPSA) is 84.7 Å². The van der Waals surface area contributed by atoms with Crippen LogP contribution in [0.3, 0.4) is 0 Å². The zero-order valence-electron chi connectivity index (χ0n) is 15.4. The minimum absolute atomic E-state index is 0.0299. The Morgan fingerprint density at radius 1 is 1.40 bits per heavy atom. The van der Waals surface area contributed by atoms with Crippen molar-refractivity contribution in [3.63, 3.8) is 0 Å². The van der Waals surface area contributed by atoms with Crippen LogP contribution in [-0.4, -0.2) is 48.8 Å². The number of likely N-dealkylation sites (tertiary alicyclic amines) is 1. The first-order valence-corrected chi connectivity index (χ1v) is 8.91. The number of carbonyl (C=O) groups is 2. The summed E-state index contributed by atoms with van der Waals surface area (Å²) in [6.45, 7) is 7.81. The molecule has 1 saturated heterocycles. The average Bonchev–Trinajstić information content (AvgIpc) is 3.20. The maximum atomic E-state index is 12.4. The smallest absolute Gasteiger partial charge is 0.317 e. The second kappa shape index (κ2) is 6.69. The van der Waals surface area contributed by atoms with E-state index in [-0.39, 0.29) is 29.3 Å². The van der Waals surface area contributed by atoms with Gasteiger partial charge in [-0.2, -0.15) is 0 Å². The van der Waals surface area contributed by atoms with Gasteiger partial charge in [-0.25, -0.2) is 4.79 Å². The summed E-state index contributed by atoms with van der Waals surface area (Å²) in [5.74, 6) is 0.883. The molecule has 2 atom stereocenters. The number of methoxy groups -OCH3 is 1. The molecule has 1 spiro atoms. The molecule has 1 N–H and O–H groups in total. The van der Waals surface area contributed by atoms with Crippen LogP contribution in [0.5, 0.6) is 0 Å². The van der Waals surface area contributed by atoms with Crippen molar-refractivity contribution in [3.8, 4) is 0 Å². The lowest BCUT2D eigenvalue weighted by molar-refractivity contribution is -0.143. The van der Waals surface area contributed by atoms with E-state index in [9.17, 15) is 9.59 Å². The minimum Gasteiger partial charge on any atom is -0.469 e. The lowest BCUT2D eigenvalue weighted by Gasteiger charge is -2.33. The van der Waals surface area contributed by atoms with Crippen molar-refractivity contribution in [1.82, 2.24) is 15.4 Å². The van der Waals surface area contributed by atoms with Crippen LogP contribution in [0.25, 0.3) is 0 Å². The Morgan fingerprint density at radius 2 is 2.08 bits per heavy atom. The summed E-state index contributed by atoms with van der Waals surface area (Å²) in [5, 5.41) is 6.98. The molecule has 1 aliphatic heterocycles. The van der Waals surface area contributed by atoms with Gasteiger partial charge in [-0.3, -0.25) is 4.79 Å². The van der Waals surface area contributed by atoms with Crippen molar-refractivity contribution in [2.24, 2.45) is 11.3 Å². The van der Waals surface area contributed by atoms with Gasteiger partial charge in [0.15, 0.2) is 0 Å². The van der Waals surface area contributed by atoms with Crippen molar-refractivity contribution in [2.75, 3.05) is 26.7 Å². The van der Waals surface area contributed by atoms with Gasteiger partial charge in [0.1, 0.15) is 5.76 Å². The van der Waals surface area contributed by atoms with Gasteiger partial charge in [0.25, 0.3) is 0 Å². The third kappa shape index (κ3) is 3.37. The monoisotopic (exact) mass is 349 g/mol. The van der Waals surface area contributed by atoms with Crippen LogP contribution in [0.15, 0.2) is 4.52 Å². The fraction of sp³-hybridized carbons (Fsp3) is 0.722. The highest BCUT2D eigenvalue weighted by molar-refractivity contribution is 5.77. The Hall–Kier alpha value is -2.05. The van der Waals surface area contributed by atoms with Gasteiger partial charge in [-0.15, -0.1) is 0 Å².